The van der Waals surface area contributed by atoms with E-state index in [-0.39, 0.29) is 11.8 Å². The van der Waals surface area contributed by atoms with Crippen LogP contribution in [0.4, 0.5) is 11.4 Å². The van der Waals surface area contributed by atoms with Crippen molar-refractivity contribution < 1.29 is 14.3 Å². The van der Waals surface area contributed by atoms with Crippen molar-refractivity contribution >= 4 is 23.2 Å². The molecule has 3 aromatic carbocycles. The second kappa shape index (κ2) is 11.0. The molecule has 0 spiro atoms. The summed E-state index contributed by atoms with van der Waals surface area (Å²) in [5.41, 5.74) is 3.80. The van der Waals surface area contributed by atoms with Gasteiger partial charge >= 0.3 is 0 Å². The lowest BCUT2D eigenvalue weighted by atomic mass is 10.0. The van der Waals surface area contributed by atoms with E-state index in [9.17, 15) is 9.59 Å². The van der Waals surface area contributed by atoms with Crippen molar-refractivity contribution in [1.29, 1.82) is 0 Å². The molecular weight excluding hydrogens is 428 g/mol. The Morgan fingerprint density at radius 2 is 1.53 bits per heavy atom. The fraction of sp³-hybridized carbons (Fsp3) is 0.259. The summed E-state index contributed by atoms with van der Waals surface area (Å²) in [6.45, 7) is 3.94. The Kier molecular flexibility index (Phi) is 7.57. The Bertz CT molecular complexity index is 1120. The highest BCUT2D eigenvalue weighted by molar-refractivity contribution is 6.05. The summed E-state index contributed by atoms with van der Waals surface area (Å²) in [4.78, 5) is 29.8. The fourth-order valence-corrected chi connectivity index (χ4v) is 3.93. The molecule has 176 valence electrons. The van der Waals surface area contributed by atoms with Crippen LogP contribution < -0.4 is 15.4 Å². The van der Waals surface area contributed by atoms with Crippen molar-refractivity contribution in [3.8, 4) is 16.9 Å². The molecule has 2 N–H and O–H groups in total. The zero-order valence-electron chi connectivity index (χ0n) is 19.6. The number of hydrogen-bond donors (Lipinski definition) is 2. The number of nitrogens with zero attached hydrogens (tertiary/aromatic N) is 2. The summed E-state index contributed by atoms with van der Waals surface area (Å²) in [6, 6.07) is 22.7. The zero-order valence-corrected chi connectivity index (χ0v) is 19.6. The van der Waals surface area contributed by atoms with Crippen LogP contribution in [0.3, 0.4) is 0 Å². The molecule has 0 radical (unpaired) electrons. The van der Waals surface area contributed by atoms with Gasteiger partial charge in [-0.2, -0.15) is 0 Å². The molecule has 1 aliphatic heterocycles. The van der Waals surface area contributed by atoms with Crippen LogP contribution in [-0.4, -0.2) is 68.5 Å². The van der Waals surface area contributed by atoms with Crippen LogP contribution >= 0.6 is 0 Å². The molecule has 1 heterocycles. The van der Waals surface area contributed by atoms with Gasteiger partial charge in [-0.05, 0) is 48.5 Å². The van der Waals surface area contributed by atoms with Crippen molar-refractivity contribution in [3.63, 3.8) is 0 Å². The Morgan fingerprint density at radius 3 is 2.21 bits per heavy atom. The number of nitrogens with one attached hydrogen (secondary N) is 2. The van der Waals surface area contributed by atoms with E-state index < -0.39 is 0 Å². The molecule has 7 heteroatoms. The maximum atomic E-state index is 12.8. The number of methoxy groups -OCH3 is 1. The van der Waals surface area contributed by atoms with E-state index in [1.165, 1.54) is 0 Å². The molecule has 1 aliphatic rings. The number of likely N-dealkylation sites (N-methyl/N-ethyl adjacent to an activating group) is 1. The second-order valence-electron chi connectivity index (χ2n) is 8.44. The van der Waals surface area contributed by atoms with E-state index in [1.807, 2.05) is 42.5 Å². The summed E-state index contributed by atoms with van der Waals surface area (Å²) < 4.78 is 5.40. The Hall–Kier alpha value is -3.68. The number of hydrogen-bond acceptors (Lipinski definition) is 5. The van der Waals surface area contributed by atoms with Crippen molar-refractivity contribution in [1.82, 2.24) is 9.80 Å². The SMILES string of the molecule is COc1ccc(NC(=O)c2ccc(-c3ccccc3)cc2)cc1NC(=O)CN1CCN(C)CC1. The fourth-order valence-electron chi connectivity index (χ4n) is 3.93. The zero-order chi connectivity index (χ0) is 23.9. The smallest absolute Gasteiger partial charge is 0.255 e. The molecule has 1 fully saturated rings. The number of rotatable bonds is 7. The van der Waals surface area contributed by atoms with Crippen LogP contribution in [0.5, 0.6) is 5.75 Å². The first-order valence-corrected chi connectivity index (χ1v) is 11.4. The molecule has 0 aliphatic carbocycles. The molecule has 34 heavy (non-hydrogen) atoms. The van der Waals surface area contributed by atoms with Gasteiger partial charge in [0.2, 0.25) is 5.91 Å². The number of benzene rings is 3. The maximum absolute atomic E-state index is 12.8. The van der Waals surface area contributed by atoms with Crippen molar-refractivity contribution in [2.24, 2.45) is 0 Å². The third-order valence-corrected chi connectivity index (χ3v) is 5.95. The van der Waals surface area contributed by atoms with E-state index in [2.05, 4.69) is 27.5 Å². The monoisotopic (exact) mass is 458 g/mol. The number of piperazine rings is 1. The minimum absolute atomic E-state index is 0.108. The highest BCUT2D eigenvalue weighted by atomic mass is 16.5. The first-order valence-electron chi connectivity index (χ1n) is 11.4. The van der Waals surface area contributed by atoms with Crippen LogP contribution in [0.25, 0.3) is 11.1 Å². The maximum Gasteiger partial charge on any atom is 0.255 e. The molecule has 0 atom stereocenters. The van der Waals surface area contributed by atoms with Gasteiger partial charge in [0.1, 0.15) is 5.75 Å². The van der Waals surface area contributed by atoms with E-state index >= 15 is 0 Å². The van der Waals surface area contributed by atoms with Gasteiger partial charge in [0, 0.05) is 37.4 Å². The molecule has 0 saturated carbocycles. The highest BCUT2D eigenvalue weighted by Gasteiger charge is 2.18. The summed E-state index contributed by atoms with van der Waals surface area (Å²) in [7, 11) is 3.64. The average Bonchev–Trinajstić information content (AvgIpc) is 2.86. The van der Waals surface area contributed by atoms with E-state index in [0.717, 1.165) is 37.3 Å². The van der Waals surface area contributed by atoms with E-state index in [1.54, 1.807) is 37.4 Å². The van der Waals surface area contributed by atoms with Crippen molar-refractivity contribution in [3.05, 3.63) is 78.4 Å². The topological polar surface area (TPSA) is 73.9 Å². The number of carbonyl (C=O) groups is 2. The molecule has 3 aromatic rings. The van der Waals surface area contributed by atoms with Gasteiger partial charge in [-0.3, -0.25) is 14.5 Å². The third kappa shape index (κ3) is 6.01. The Labute approximate surface area is 200 Å². The number of anilines is 2. The van der Waals surface area contributed by atoms with E-state index in [4.69, 9.17) is 4.74 Å². The van der Waals surface area contributed by atoms with Gasteiger partial charge in [-0.15, -0.1) is 0 Å². The summed E-state index contributed by atoms with van der Waals surface area (Å²) in [6.07, 6.45) is 0. The lowest BCUT2D eigenvalue weighted by Crippen LogP contribution is -2.47. The van der Waals surface area contributed by atoms with Gasteiger partial charge in [0.25, 0.3) is 5.91 Å². The van der Waals surface area contributed by atoms with Crippen LogP contribution in [0.15, 0.2) is 72.8 Å². The molecule has 7 nitrogen and oxygen atoms in total. The quantitative estimate of drug-likeness (QED) is 0.563. The minimum atomic E-state index is -0.223. The van der Waals surface area contributed by atoms with Gasteiger partial charge < -0.3 is 20.3 Å². The third-order valence-electron chi connectivity index (χ3n) is 5.95. The Balaban J connectivity index is 1.40. The standard InChI is InChI=1S/C27H30N4O3/c1-30-14-16-31(17-15-30)19-26(32)29-24-18-23(12-13-25(24)34-2)28-27(33)22-10-8-21(9-11-22)20-6-4-3-5-7-20/h3-13,18H,14-17,19H2,1-2H3,(H,28,33)(H,29,32). The number of carbonyl (C=O) groups excluding carboxylic acids is 2. The summed E-state index contributed by atoms with van der Waals surface area (Å²) in [5.74, 6) is 0.208. The number of ether oxygens (including phenoxy) is 1. The van der Waals surface area contributed by atoms with Crippen LogP contribution in [0.1, 0.15) is 10.4 Å². The van der Waals surface area contributed by atoms with Crippen LogP contribution in [0, 0.1) is 0 Å². The highest BCUT2D eigenvalue weighted by Crippen LogP contribution is 2.28. The lowest BCUT2D eigenvalue weighted by molar-refractivity contribution is -0.117. The van der Waals surface area contributed by atoms with Gasteiger partial charge in [0.15, 0.2) is 0 Å². The average molecular weight is 459 g/mol. The van der Waals surface area contributed by atoms with Crippen molar-refractivity contribution in [2.75, 3.05) is 57.5 Å². The predicted molar refractivity (Wildman–Crippen MR) is 135 cm³/mol. The first-order chi connectivity index (χ1) is 16.5. The second-order valence-corrected chi connectivity index (χ2v) is 8.44. The molecule has 4 rings (SSSR count). The Morgan fingerprint density at radius 1 is 0.853 bits per heavy atom. The first kappa shape index (κ1) is 23.5. The van der Waals surface area contributed by atoms with Gasteiger partial charge in [-0.1, -0.05) is 42.5 Å². The molecule has 0 unspecified atom stereocenters. The van der Waals surface area contributed by atoms with Crippen LogP contribution in [0.2, 0.25) is 0 Å². The minimum Gasteiger partial charge on any atom is -0.495 e. The summed E-state index contributed by atoms with van der Waals surface area (Å²) in [5, 5.41) is 5.84. The summed E-state index contributed by atoms with van der Waals surface area (Å²) >= 11 is 0. The molecule has 0 bridgehead atoms. The molecule has 0 aromatic heterocycles. The normalized spacial score (nSPS) is 14.4. The van der Waals surface area contributed by atoms with E-state index in [0.29, 0.717) is 29.2 Å². The largest absolute Gasteiger partial charge is 0.495 e. The predicted octanol–water partition coefficient (Wildman–Crippen LogP) is 3.80. The van der Waals surface area contributed by atoms with Gasteiger partial charge in [0.05, 0.1) is 19.3 Å². The van der Waals surface area contributed by atoms with Crippen molar-refractivity contribution in [2.45, 2.75) is 0 Å². The van der Waals surface area contributed by atoms with Gasteiger partial charge in [-0.25, -0.2) is 0 Å². The molecule has 1 saturated heterocycles. The van der Waals surface area contributed by atoms with Crippen LogP contribution in [-0.2, 0) is 4.79 Å². The number of amides is 2. The molecule has 2 amide bonds. The molecular formula is C27H30N4O3. The lowest BCUT2D eigenvalue weighted by Gasteiger charge is -2.31.